The minimum atomic E-state index is -0.0764. The van der Waals surface area contributed by atoms with Gasteiger partial charge in [-0.05, 0) is 25.0 Å². The van der Waals surface area contributed by atoms with Gasteiger partial charge in [-0.1, -0.05) is 31.4 Å². The minimum Gasteiger partial charge on any atom is -0.504 e. The third-order valence-corrected chi connectivity index (χ3v) is 3.67. The molecule has 1 saturated carbocycles. The Morgan fingerprint density at radius 3 is 1.18 bits per heavy atom. The summed E-state index contributed by atoms with van der Waals surface area (Å²) in [5, 5.41) is 26.2. The van der Waals surface area contributed by atoms with Gasteiger partial charge >= 0.3 is 21.1 Å². The molecule has 1 fully saturated rings. The quantitative estimate of drug-likeness (QED) is 0.256. The van der Waals surface area contributed by atoms with Gasteiger partial charge in [0, 0.05) is 0 Å². The minimum absolute atomic E-state index is 0. The van der Waals surface area contributed by atoms with Gasteiger partial charge < -0.3 is 15.3 Å². The Morgan fingerprint density at radius 2 is 1.00 bits per heavy atom. The van der Waals surface area contributed by atoms with Gasteiger partial charge in [-0.3, -0.25) is 0 Å². The third kappa shape index (κ3) is 15.0. The Bertz CT molecular complexity index is 566. The number of hydrogen-bond donors (Lipinski definition) is 3. The first-order valence-corrected chi connectivity index (χ1v) is 9.17. The van der Waals surface area contributed by atoms with Crippen molar-refractivity contribution in [2.45, 2.75) is 38.2 Å². The summed E-state index contributed by atoms with van der Waals surface area (Å²) in [7, 11) is 0. The molecule has 28 heavy (non-hydrogen) atoms. The average molecular weight is 560 g/mol. The van der Waals surface area contributed by atoms with Crippen molar-refractivity contribution < 1.29 is 36.4 Å². The maximum Gasteiger partial charge on any atom is 2.00 e. The summed E-state index contributed by atoms with van der Waals surface area (Å²) in [6, 6.07) is 31.1. The molecule has 3 aromatic carbocycles. The van der Waals surface area contributed by atoms with Crippen molar-refractivity contribution in [2.75, 3.05) is 0 Å². The third-order valence-electron chi connectivity index (χ3n) is 3.67. The van der Waals surface area contributed by atoms with Crippen molar-refractivity contribution in [3.05, 3.63) is 97.1 Å². The van der Waals surface area contributed by atoms with Crippen LogP contribution in [0.15, 0.2) is 84.9 Å². The van der Waals surface area contributed by atoms with Crippen LogP contribution in [-0.2, 0) is 21.1 Å². The maximum atomic E-state index is 8.91. The van der Waals surface area contributed by atoms with Gasteiger partial charge in [-0.25, -0.2) is 0 Å². The van der Waals surface area contributed by atoms with E-state index >= 15 is 0 Å². The molecule has 4 rings (SSSR count). The Balaban J connectivity index is 0.000000345. The van der Waals surface area contributed by atoms with Gasteiger partial charge in [0.2, 0.25) is 0 Å². The molecule has 0 amide bonds. The number of phenols is 2. The number of aliphatic hydroxyl groups excluding tert-OH is 1. The molecule has 0 atom stereocenters. The number of benzene rings is 3. The molecule has 3 nitrogen and oxygen atoms in total. The van der Waals surface area contributed by atoms with E-state index in [0.717, 1.165) is 12.8 Å². The molecule has 0 aliphatic heterocycles. The van der Waals surface area contributed by atoms with Crippen LogP contribution >= 0.6 is 0 Å². The van der Waals surface area contributed by atoms with E-state index in [-0.39, 0.29) is 38.7 Å². The normalized spacial score (nSPS) is 12.3. The number of phenolic OH excluding ortho intramolecular Hbond substituents is 2. The Morgan fingerprint density at radius 1 is 0.607 bits per heavy atom. The van der Waals surface area contributed by atoms with Crippen LogP contribution in [-0.4, -0.2) is 21.4 Å². The van der Waals surface area contributed by atoms with Crippen LogP contribution in [0.4, 0.5) is 0 Å². The number of aromatic hydroxyl groups is 2. The first kappa shape index (κ1) is 25.9. The maximum absolute atomic E-state index is 8.91. The molecule has 3 N–H and O–H groups in total. The van der Waals surface area contributed by atoms with E-state index in [1.807, 2.05) is 60.7 Å². The molecular weight excluding hydrogens is 531 g/mol. The van der Waals surface area contributed by atoms with Gasteiger partial charge in [-0.15, -0.1) is 0 Å². The van der Waals surface area contributed by atoms with Crippen LogP contribution in [0, 0.1) is 12.1 Å². The van der Waals surface area contributed by atoms with Crippen molar-refractivity contribution in [3.8, 4) is 11.5 Å². The van der Waals surface area contributed by atoms with E-state index in [9.17, 15) is 0 Å². The Labute approximate surface area is 183 Å². The number of aliphatic hydroxyl groups is 1. The predicted octanol–water partition coefficient (Wildman–Crippen LogP) is 5.38. The second-order valence-electron chi connectivity index (χ2n) is 5.94. The van der Waals surface area contributed by atoms with Crippen LogP contribution in [0.1, 0.15) is 32.1 Å². The number of rotatable bonds is 0. The zero-order chi connectivity index (χ0) is 19.6. The predicted molar refractivity (Wildman–Crippen MR) is 109 cm³/mol. The number of hydrogen-bond acceptors (Lipinski definition) is 3. The van der Waals surface area contributed by atoms with Crippen LogP contribution in [0.3, 0.4) is 0 Å². The molecule has 0 unspecified atom stereocenters. The molecule has 0 aromatic heterocycles. The van der Waals surface area contributed by atoms with Crippen LogP contribution < -0.4 is 0 Å². The molecule has 0 bridgehead atoms. The molecule has 0 radical (unpaired) electrons. The second kappa shape index (κ2) is 18.3. The van der Waals surface area contributed by atoms with E-state index < -0.39 is 0 Å². The van der Waals surface area contributed by atoms with E-state index in [2.05, 4.69) is 12.1 Å². The zero-order valence-corrected chi connectivity index (χ0v) is 18.1. The molecular formula is C24H28O3Pt. The summed E-state index contributed by atoms with van der Waals surface area (Å²) in [5.74, 6) is -0.153. The van der Waals surface area contributed by atoms with Crippen LogP contribution in [0.25, 0.3) is 0 Å². The van der Waals surface area contributed by atoms with E-state index in [4.69, 9.17) is 15.3 Å². The molecule has 0 saturated heterocycles. The summed E-state index contributed by atoms with van der Waals surface area (Å²) in [6.45, 7) is 0. The fraction of sp³-hybridized carbons (Fsp3) is 0.250. The summed E-state index contributed by atoms with van der Waals surface area (Å²) < 4.78 is 0. The summed E-state index contributed by atoms with van der Waals surface area (Å²) in [5.41, 5.74) is 0. The first-order valence-electron chi connectivity index (χ1n) is 9.17. The molecule has 0 heterocycles. The van der Waals surface area contributed by atoms with E-state index in [1.54, 1.807) is 12.1 Å². The van der Waals surface area contributed by atoms with Gasteiger partial charge in [0.05, 0.1) is 6.10 Å². The molecule has 0 spiro atoms. The molecule has 152 valence electrons. The summed E-state index contributed by atoms with van der Waals surface area (Å²) in [6.07, 6.45) is 5.92. The summed E-state index contributed by atoms with van der Waals surface area (Å²) >= 11 is 0. The smallest absolute Gasteiger partial charge is 0.504 e. The van der Waals surface area contributed by atoms with Gasteiger partial charge in [-0.2, -0.15) is 72.8 Å². The SMILES string of the molecule is OC1CCCCC1.Oc1ccccc1O.[Pt+2].[c-]1ccccc1.[c-]1ccccc1. The first-order chi connectivity index (χ1) is 13.2. The topological polar surface area (TPSA) is 60.7 Å². The monoisotopic (exact) mass is 559 g/mol. The van der Waals surface area contributed by atoms with Crippen molar-refractivity contribution in [1.82, 2.24) is 0 Å². The Kier molecular flexibility index (Phi) is 16.9. The van der Waals surface area contributed by atoms with Gasteiger partial charge in [0.1, 0.15) is 0 Å². The molecule has 1 aliphatic rings. The van der Waals surface area contributed by atoms with Crippen molar-refractivity contribution in [1.29, 1.82) is 0 Å². The average Bonchev–Trinajstić information content (AvgIpc) is 2.75. The van der Waals surface area contributed by atoms with Crippen LogP contribution in [0.5, 0.6) is 11.5 Å². The van der Waals surface area contributed by atoms with Gasteiger partial charge in [0.15, 0.2) is 11.5 Å². The van der Waals surface area contributed by atoms with Crippen molar-refractivity contribution >= 4 is 0 Å². The standard InChI is InChI=1S/C6H6O2.C6H12O.2C6H5.Pt/c7-5-3-1-2-4-6(5)8;7-6-4-2-1-3-5-6;2*1-2-4-6-5-3-1;/h1-4,7-8H;6-7H,1-5H2;2*1-5H;/q;;2*-1;+2. The van der Waals surface area contributed by atoms with E-state index in [1.165, 1.54) is 31.4 Å². The fourth-order valence-electron chi connectivity index (χ4n) is 2.23. The fourth-order valence-corrected chi connectivity index (χ4v) is 2.23. The van der Waals surface area contributed by atoms with Crippen molar-refractivity contribution in [3.63, 3.8) is 0 Å². The largest absolute Gasteiger partial charge is 2.00 e. The van der Waals surface area contributed by atoms with Crippen LogP contribution in [0.2, 0.25) is 0 Å². The zero-order valence-electron chi connectivity index (χ0n) is 15.9. The summed E-state index contributed by atoms with van der Waals surface area (Å²) in [4.78, 5) is 0. The van der Waals surface area contributed by atoms with Crippen molar-refractivity contribution in [2.24, 2.45) is 0 Å². The second-order valence-corrected chi connectivity index (χ2v) is 5.94. The molecule has 1 aliphatic carbocycles. The van der Waals surface area contributed by atoms with Gasteiger partial charge in [0.25, 0.3) is 0 Å². The Hall–Kier alpha value is -2.09. The molecule has 4 heteroatoms. The molecule has 3 aromatic rings. The van der Waals surface area contributed by atoms with E-state index in [0.29, 0.717) is 0 Å². The number of para-hydroxylation sites is 2.